The van der Waals surface area contributed by atoms with Crippen LogP contribution in [-0.4, -0.2) is 15.0 Å². The average Bonchev–Trinajstić information content (AvgIpc) is 3.62. The molecule has 2 aromatic heterocycles. The first kappa shape index (κ1) is 29.5. The molecule has 53 heavy (non-hydrogen) atoms. The third-order valence-electron chi connectivity index (χ3n) is 10.5. The fraction of sp³-hybridized carbons (Fsp3) is 0. The maximum absolute atomic E-state index is 6.28. The summed E-state index contributed by atoms with van der Waals surface area (Å²) in [5.74, 6) is 1.91. The third-order valence-corrected chi connectivity index (χ3v) is 10.5. The minimum absolute atomic E-state index is 0.631. The van der Waals surface area contributed by atoms with E-state index in [1.165, 1.54) is 21.5 Å². The Morgan fingerprint density at radius 1 is 0.302 bits per heavy atom. The number of benzene rings is 9. The average molecular weight is 676 g/mol. The molecule has 2 heterocycles. The predicted octanol–water partition coefficient (Wildman–Crippen LogP) is 13.1. The van der Waals surface area contributed by atoms with Crippen molar-refractivity contribution in [3.05, 3.63) is 176 Å². The zero-order valence-electron chi connectivity index (χ0n) is 28.5. The number of aromatic nitrogens is 3. The van der Waals surface area contributed by atoms with Crippen LogP contribution in [0.3, 0.4) is 0 Å². The Kier molecular flexibility index (Phi) is 6.52. The first-order chi connectivity index (χ1) is 26.3. The second kappa shape index (κ2) is 11.7. The summed E-state index contributed by atoms with van der Waals surface area (Å²) < 4.78 is 6.28. The van der Waals surface area contributed by atoms with Gasteiger partial charge in [0.2, 0.25) is 0 Å². The smallest absolute Gasteiger partial charge is 0.164 e. The molecule has 4 heteroatoms. The van der Waals surface area contributed by atoms with Crippen LogP contribution in [0.2, 0.25) is 0 Å². The summed E-state index contributed by atoms with van der Waals surface area (Å²) in [6.07, 6.45) is 0. The number of furan rings is 1. The quantitative estimate of drug-likeness (QED) is 0.174. The third kappa shape index (κ3) is 4.66. The predicted molar refractivity (Wildman–Crippen MR) is 219 cm³/mol. The molecule has 0 aliphatic heterocycles. The SMILES string of the molecule is c1ccc(-c2nc(-c3ccc(-c4cccc5oc6ccccc6c45)c4ccccc34)nc(-c3cc4ccc5ccccc5c4c4ccccc34)n2)cc1. The van der Waals surface area contributed by atoms with Crippen molar-refractivity contribution < 1.29 is 4.42 Å². The van der Waals surface area contributed by atoms with Gasteiger partial charge in [0.25, 0.3) is 0 Å². The summed E-state index contributed by atoms with van der Waals surface area (Å²) in [6.45, 7) is 0. The number of para-hydroxylation sites is 1. The molecular formula is C49H29N3O. The van der Waals surface area contributed by atoms with Gasteiger partial charge in [-0.3, -0.25) is 0 Å². The van der Waals surface area contributed by atoms with Gasteiger partial charge in [-0.15, -0.1) is 0 Å². The molecule has 9 aromatic carbocycles. The van der Waals surface area contributed by atoms with Gasteiger partial charge in [0.15, 0.2) is 17.5 Å². The summed E-state index contributed by atoms with van der Waals surface area (Å²) >= 11 is 0. The Morgan fingerprint density at radius 2 is 0.868 bits per heavy atom. The first-order valence-corrected chi connectivity index (χ1v) is 17.9. The molecule has 4 nitrogen and oxygen atoms in total. The van der Waals surface area contributed by atoms with E-state index in [0.717, 1.165) is 71.3 Å². The second-order valence-corrected chi connectivity index (χ2v) is 13.5. The van der Waals surface area contributed by atoms with Crippen LogP contribution in [0.4, 0.5) is 0 Å². The summed E-state index contributed by atoms with van der Waals surface area (Å²) in [5.41, 5.74) is 6.89. The summed E-state index contributed by atoms with van der Waals surface area (Å²) in [4.78, 5) is 15.7. The normalized spacial score (nSPS) is 11.8. The van der Waals surface area contributed by atoms with E-state index >= 15 is 0 Å². The lowest BCUT2D eigenvalue weighted by molar-refractivity contribution is 0.669. The molecule has 0 aliphatic rings. The molecule has 0 bridgehead atoms. The van der Waals surface area contributed by atoms with E-state index in [0.29, 0.717) is 17.5 Å². The van der Waals surface area contributed by atoms with Crippen LogP contribution in [0.15, 0.2) is 180 Å². The summed E-state index contributed by atoms with van der Waals surface area (Å²) in [6, 6.07) is 61.5. The molecule has 11 rings (SSSR count). The minimum Gasteiger partial charge on any atom is -0.456 e. The van der Waals surface area contributed by atoms with Crippen LogP contribution in [-0.2, 0) is 0 Å². The van der Waals surface area contributed by atoms with Crippen molar-refractivity contribution in [3.8, 4) is 45.3 Å². The molecule has 0 saturated carbocycles. The van der Waals surface area contributed by atoms with Crippen LogP contribution in [0, 0.1) is 0 Å². The van der Waals surface area contributed by atoms with E-state index in [1.54, 1.807) is 0 Å². The van der Waals surface area contributed by atoms with Gasteiger partial charge in [-0.1, -0.05) is 152 Å². The van der Waals surface area contributed by atoms with E-state index in [1.807, 2.05) is 36.4 Å². The molecule has 0 amide bonds. The van der Waals surface area contributed by atoms with Gasteiger partial charge in [-0.25, -0.2) is 15.0 Å². The van der Waals surface area contributed by atoms with Crippen LogP contribution in [0.5, 0.6) is 0 Å². The van der Waals surface area contributed by atoms with Gasteiger partial charge in [0, 0.05) is 27.5 Å². The van der Waals surface area contributed by atoms with Gasteiger partial charge in [-0.2, -0.15) is 0 Å². The Bertz CT molecular complexity index is 3240. The Hall–Kier alpha value is -7.17. The first-order valence-electron chi connectivity index (χ1n) is 17.9. The zero-order valence-corrected chi connectivity index (χ0v) is 28.5. The van der Waals surface area contributed by atoms with Gasteiger partial charge < -0.3 is 4.42 Å². The van der Waals surface area contributed by atoms with Crippen molar-refractivity contribution in [2.45, 2.75) is 0 Å². The molecule has 0 radical (unpaired) electrons. The van der Waals surface area contributed by atoms with Gasteiger partial charge >= 0.3 is 0 Å². The van der Waals surface area contributed by atoms with Crippen LogP contribution in [0.25, 0.3) is 110 Å². The molecule has 11 aromatic rings. The van der Waals surface area contributed by atoms with Crippen molar-refractivity contribution in [3.63, 3.8) is 0 Å². The zero-order chi connectivity index (χ0) is 34.9. The number of fused-ring (bicyclic) bond motifs is 9. The van der Waals surface area contributed by atoms with Crippen molar-refractivity contribution in [2.75, 3.05) is 0 Å². The van der Waals surface area contributed by atoms with Crippen molar-refractivity contribution >= 4 is 65.0 Å². The maximum Gasteiger partial charge on any atom is 0.164 e. The molecule has 0 saturated heterocycles. The lowest BCUT2D eigenvalue weighted by Gasteiger charge is -2.15. The van der Waals surface area contributed by atoms with Crippen LogP contribution in [0.1, 0.15) is 0 Å². The molecular weight excluding hydrogens is 647 g/mol. The number of hydrogen-bond donors (Lipinski definition) is 0. The Morgan fingerprint density at radius 3 is 1.68 bits per heavy atom. The van der Waals surface area contributed by atoms with E-state index in [2.05, 4.69) is 140 Å². The second-order valence-electron chi connectivity index (χ2n) is 13.5. The highest BCUT2D eigenvalue weighted by atomic mass is 16.3. The van der Waals surface area contributed by atoms with Crippen molar-refractivity contribution in [1.29, 1.82) is 0 Å². The Balaban J connectivity index is 1.17. The largest absolute Gasteiger partial charge is 0.456 e. The summed E-state index contributed by atoms with van der Waals surface area (Å²) in [7, 11) is 0. The minimum atomic E-state index is 0.631. The summed E-state index contributed by atoms with van der Waals surface area (Å²) in [5, 5.41) is 11.5. The number of nitrogens with zero attached hydrogens (tertiary/aromatic N) is 3. The molecule has 0 spiro atoms. The highest BCUT2D eigenvalue weighted by Crippen LogP contribution is 2.42. The number of hydrogen-bond acceptors (Lipinski definition) is 4. The van der Waals surface area contributed by atoms with E-state index in [-0.39, 0.29) is 0 Å². The fourth-order valence-electron chi connectivity index (χ4n) is 8.12. The number of rotatable bonds is 4. The highest BCUT2D eigenvalue weighted by Gasteiger charge is 2.20. The molecule has 246 valence electrons. The molecule has 0 N–H and O–H groups in total. The maximum atomic E-state index is 6.28. The standard InChI is InChI=1S/C49H29N3O/c1-2-14-31(15-3-1)47-50-48(52-49(51-47)42-29-32-26-25-30-13-4-5-16-33(30)45(32)38-20-9-8-19-36(38)42)40-28-27-37(34-17-6-7-18-35(34)40)39-22-12-24-44-46(39)41-21-10-11-23-43(41)53-44/h1-29H. The van der Waals surface area contributed by atoms with E-state index in [4.69, 9.17) is 19.4 Å². The highest BCUT2D eigenvalue weighted by molar-refractivity contribution is 6.23. The van der Waals surface area contributed by atoms with Crippen LogP contribution < -0.4 is 0 Å². The van der Waals surface area contributed by atoms with Gasteiger partial charge in [0.1, 0.15) is 11.2 Å². The van der Waals surface area contributed by atoms with E-state index < -0.39 is 0 Å². The molecule has 0 aliphatic carbocycles. The molecule has 0 unspecified atom stereocenters. The van der Waals surface area contributed by atoms with Gasteiger partial charge in [-0.05, 0) is 78.5 Å². The van der Waals surface area contributed by atoms with Gasteiger partial charge in [0.05, 0.1) is 0 Å². The van der Waals surface area contributed by atoms with E-state index in [9.17, 15) is 0 Å². The lowest BCUT2D eigenvalue weighted by atomic mass is 9.92. The van der Waals surface area contributed by atoms with Crippen molar-refractivity contribution in [2.24, 2.45) is 0 Å². The lowest BCUT2D eigenvalue weighted by Crippen LogP contribution is -2.01. The fourth-order valence-corrected chi connectivity index (χ4v) is 8.12. The molecule has 0 fully saturated rings. The van der Waals surface area contributed by atoms with Crippen molar-refractivity contribution in [1.82, 2.24) is 15.0 Å². The molecule has 0 atom stereocenters. The topological polar surface area (TPSA) is 51.8 Å². The Labute approximate surface area is 304 Å². The van der Waals surface area contributed by atoms with Crippen LogP contribution >= 0.6 is 0 Å². The monoisotopic (exact) mass is 675 g/mol.